The Kier molecular flexibility index (Phi) is 4.80. The molecule has 0 aliphatic carbocycles. The molecule has 2 aromatic rings. The van der Waals surface area contributed by atoms with Gasteiger partial charge in [0.1, 0.15) is 0 Å². The van der Waals surface area contributed by atoms with Gasteiger partial charge in [0.15, 0.2) is 0 Å². The lowest BCUT2D eigenvalue weighted by Crippen LogP contribution is -2.38. The van der Waals surface area contributed by atoms with E-state index in [0.717, 1.165) is 22.9 Å². The van der Waals surface area contributed by atoms with Gasteiger partial charge in [-0.25, -0.2) is 0 Å². The molecule has 0 aliphatic rings. The molecule has 5 nitrogen and oxygen atoms in total. The van der Waals surface area contributed by atoms with Gasteiger partial charge in [0.05, 0.1) is 11.4 Å². The number of nitrogens with zero attached hydrogens (tertiary/aromatic N) is 1. The van der Waals surface area contributed by atoms with E-state index in [2.05, 4.69) is 0 Å². The maximum absolute atomic E-state index is 12.5. The Hall–Kier alpha value is -2.08. The summed E-state index contributed by atoms with van der Waals surface area (Å²) in [5.74, 6) is -0.646. The molecule has 0 saturated heterocycles. The van der Waals surface area contributed by atoms with E-state index in [1.165, 1.54) is 16.2 Å². The highest BCUT2D eigenvalue weighted by molar-refractivity contribution is 7.20. The summed E-state index contributed by atoms with van der Waals surface area (Å²) in [4.78, 5) is 25.8. The van der Waals surface area contributed by atoms with Gasteiger partial charge in [-0.05, 0) is 36.1 Å². The number of rotatable bonds is 6. The fourth-order valence-corrected chi connectivity index (χ4v) is 3.12. The van der Waals surface area contributed by atoms with E-state index in [-0.39, 0.29) is 12.5 Å². The first kappa shape index (κ1) is 15.3. The molecule has 2 rings (SSSR count). The van der Waals surface area contributed by atoms with Crippen molar-refractivity contribution in [3.63, 3.8) is 0 Å². The van der Waals surface area contributed by atoms with E-state index in [4.69, 9.17) is 11.5 Å². The van der Waals surface area contributed by atoms with Crippen LogP contribution in [0.25, 0.3) is 10.1 Å². The molecule has 21 heavy (non-hydrogen) atoms. The molecule has 1 heterocycles. The first-order valence-corrected chi connectivity index (χ1v) is 7.69. The first-order valence-electron chi connectivity index (χ1n) is 6.88. The van der Waals surface area contributed by atoms with Crippen molar-refractivity contribution in [2.24, 2.45) is 5.73 Å². The van der Waals surface area contributed by atoms with Gasteiger partial charge in [-0.1, -0.05) is 13.3 Å². The Morgan fingerprint density at radius 1 is 1.29 bits per heavy atom. The highest BCUT2D eigenvalue weighted by atomic mass is 32.1. The van der Waals surface area contributed by atoms with Crippen LogP contribution in [0, 0.1) is 0 Å². The van der Waals surface area contributed by atoms with Crippen molar-refractivity contribution in [2.75, 3.05) is 18.8 Å². The average molecular weight is 305 g/mol. The summed E-state index contributed by atoms with van der Waals surface area (Å²) < 4.78 is 1.00. The Morgan fingerprint density at radius 3 is 2.71 bits per heavy atom. The Morgan fingerprint density at radius 2 is 2.05 bits per heavy atom. The van der Waals surface area contributed by atoms with Crippen molar-refractivity contribution in [2.45, 2.75) is 19.8 Å². The van der Waals surface area contributed by atoms with Crippen molar-refractivity contribution < 1.29 is 9.59 Å². The number of anilines is 1. The summed E-state index contributed by atoms with van der Waals surface area (Å²) in [6.45, 7) is 2.53. The molecule has 6 heteroatoms. The molecule has 112 valence electrons. The molecule has 0 spiro atoms. The zero-order valence-electron chi connectivity index (χ0n) is 12.0. The van der Waals surface area contributed by atoms with Crippen LogP contribution in [-0.2, 0) is 4.79 Å². The van der Waals surface area contributed by atoms with E-state index >= 15 is 0 Å². The number of nitrogen functional groups attached to an aromatic ring is 1. The number of amides is 2. The topological polar surface area (TPSA) is 89.4 Å². The van der Waals surface area contributed by atoms with Crippen LogP contribution in [0.5, 0.6) is 0 Å². The van der Waals surface area contributed by atoms with Crippen molar-refractivity contribution in [1.82, 2.24) is 4.90 Å². The minimum absolute atomic E-state index is 0.0464. The second-order valence-corrected chi connectivity index (χ2v) is 6.04. The van der Waals surface area contributed by atoms with Crippen molar-refractivity contribution in [3.8, 4) is 0 Å². The molecular weight excluding hydrogens is 286 g/mol. The largest absolute Gasteiger partial charge is 0.399 e. The molecular formula is C15H19N3O2S. The van der Waals surface area contributed by atoms with Gasteiger partial charge in [-0.3, -0.25) is 9.59 Å². The van der Waals surface area contributed by atoms with Gasteiger partial charge in [-0.15, -0.1) is 11.3 Å². The van der Waals surface area contributed by atoms with Crippen molar-refractivity contribution in [1.29, 1.82) is 0 Å². The summed E-state index contributed by atoms with van der Waals surface area (Å²) in [5, 5.41) is 0.942. The molecule has 2 amide bonds. The monoisotopic (exact) mass is 305 g/mol. The number of thiophene rings is 1. The SMILES string of the molecule is CCCCN(CC(N)=O)C(=O)c1cc2cc(N)ccc2s1. The van der Waals surface area contributed by atoms with Crippen LogP contribution in [0.4, 0.5) is 5.69 Å². The predicted octanol–water partition coefficient (Wildman–Crippen LogP) is 2.21. The lowest BCUT2D eigenvalue weighted by Gasteiger charge is -2.19. The highest BCUT2D eigenvalue weighted by Crippen LogP contribution is 2.28. The Labute approximate surface area is 127 Å². The lowest BCUT2D eigenvalue weighted by molar-refractivity contribution is -0.118. The van der Waals surface area contributed by atoms with E-state index in [1.807, 2.05) is 31.2 Å². The zero-order valence-corrected chi connectivity index (χ0v) is 12.8. The summed E-state index contributed by atoms with van der Waals surface area (Å²) in [6, 6.07) is 7.37. The molecule has 0 bridgehead atoms. The molecule has 0 radical (unpaired) electrons. The number of nitrogens with two attached hydrogens (primary N) is 2. The predicted molar refractivity (Wildman–Crippen MR) is 86.2 cm³/mol. The van der Waals surface area contributed by atoms with Crippen LogP contribution >= 0.6 is 11.3 Å². The molecule has 0 saturated carbocycles. The number of carbonyl (C=O) groups is 2. The minimum Gasteiger partial charge on any atom is -0.399 e. The highest BCUT2D eigenvalue weighted by Gasteiger charge is 2.19. The molecule has 0 atom stereocenters. The van der Waals surface area contributed by atoms with E-state index < -0.39 is 5.91 Å². The van der Waals surface area contributed by atoms with Gasteiger partial charge in [0.25, 0.3) is 5.91 Å². The number of benzene rings is 1. The fraction of sp³-hybridized carbons (Fsp3) is 0.333. The van der Waals surface area contributed by atoms with Crippen LogP contribution in [0.1, 0.15) is 29.4 Å². The molecule has 1 aromatic heterocycles. The third-order valence-electron chi connectivity index (χ3n) is 3.17. The molecule has 1 aromatic carbocycles. The van der Waals surface area contributed by atoms with Crippen molar-refractivity contribution in [3.05, 3.63) is 29.1 Å². The summed E-state index contributed by atoms with van der Waals surface area (Å²) in [7, 11) is 0. The van der Waals surface area contributed by atoms with Crippen LogP contribution in [-0.4, -0.2) is 29.8 Å². The van der Waals surface area contributed by atoms with Crippen LogP contribution in [0.3, 0.4) is 0 Å². The average Bonchev–Trinajstić information content (AvgIpc) is 2.85. The smallest absolute Gasteiger partial charge is 0.264 e. The zero-order chi connectivity index (χ0) is 15.4. The van der Waals surface area contributed by atoms with Crippen LogP contribution < -0.4 is 11.5 Å². The maximum Gasteiger partial charge on any atom is 0.264 e. The van der Waals surface area contributed by atoms with Gasteiger partial charge in [0.2, 0.25) is 5.91 Å². The lowest BCUT2D eigenvalue weighted by atomic mass is 10.2. The van der Waals surface area contributed by atoms with Gasteiger partial charge in [0, 0.05) is 16.9 Å². The maximum atomic E-state index is 12.5. The number of unbranched alkanes of at least 4 members (excludes halogenated alkanes) is 1. The van der Waals surface area contributed by atoms with Crippen LogP contribution in [0.15, 0.2) is 24.3 Å². The van der Waals surface area contributed by atoms with E-state index in [9.17, 15) is 9.59 Å². The molecule has 0 unspecified atom stereocenters. The van der Waals surface area contributed by atoms with Gasteiger partial charge < -0.3 is 16.4 Å². The number of carbonyl (C=O) groups excluding carboxylic acids is 2. The third kappa shape index (κ3) is 3.72. The third-order valence-corrected chi connectivity index (χ3v) is 4.27. The Bertz CT molecular complexity index is 666. The number of hydrogen-bond acceptors (Lipinski definition) is 4. The second kappa shape index (κ2) is 6.58. The number of primary amides is 1. The minimum atomic E-state index is -0.496. The van der Waals surface area contributed by atoms with Gasteiger partial charge in [-0.2, -0.15) is 0 Å². The molecule has 0 aliphatic heterocycles. The first-order chi connectivity index (χ1) is 10.0. The fourth-order valence-electron chi connectivity index (χ4n) is 2.11. The van der Waals surface area contributed by atoms with Gasteiger partial charge >= 0.3 is 0 Å². The molecule has 0 fully saturated rings. The standard InChI is InChI=1S/C15H19N3O2S/c1-2-3-6-18(9-14(17)19)15(20)13-8-10-7-11(16)4-5-12(10)21-13/h4-5,7-8H,2-3,6,9,16H2,1H3,(H2,17,19). The number of fused-ring (bicyclic) bond motifs is 1. The summed E-state index contributed by atoms with van der Waals surface area (Å²) >= 11 is 1.40. The summed E-state index contributed by atoms with van der Waals surface area (Å²) in [6.07, 6.45) is 1.79. The Balaban J connectivity index is 2.26. The quantitative estimate of drug-likeness (QED) is 0.802. The normalized spacial score (nSPS) is 10.7. The van der Waals surface area contributed by atoms with Crippen LogP contribution in [0.2, 0.25) is 0 Å². The summed E-state index contributed by atoms with van der Waals surface area (Å²) in [5.41, 5.74) is 11.6. The second-order valence-electron chi connectivity index (χ2n) is 4.95. The molecule has 4 N–H and O–H groups in total. The van der Waals surface area contributed by atoms with E-state index in [1.54, 1.807) is 0 Å². The van der Waals surface area contributed by atoms with E-state index in [0.29, 0.717) is 17.1 Å². The number of hydrogen-bond donors (Lipinski definition) is 2. The van der Waals surface area contributed by atoms with Crippen molar-refractivity contribution >= 4 is 38.9 Å².